The third kappa shape index (κ3) is 6.86. The standard InChI is InChI=1S/C21H34N2O3S/c1-25-15-11-22-21(24)8-5-17-9-12-23(13-10-17)16-18-6-7-20(27-18)19-4-2-3-14-26-19/h6-7,17,19H,2-5,8-16H2,1H3,(H,22,24)/t19-/m0/s1. The van der Waals surface area contributed by atoms with Crippen LogP contribution in [0.25, 0.3) is 0 Å². The molecule has 0 aliphatic carbocycles. The van der Waals surface area contributed by atoms with Gasteiger partial charge in [-0.3, -0.25) is 9.69 Å². The van der Waals surface area contributed by atoms with Gasteiger partial charge >= 0.3 is 0 Å². The Labute approximate surface area is 167 Å². The summed E-state index contributed by atoms with van der Waals surface area (Å²) in [5.41, 5.74) is 0. The van der Waals surface area contributed by atoms with Gasteiger partial charge in [-0.25, -0.2) is 0 Å². The van der Waals surface area contributed by atoms with E-state index in [1.165, 1.54) is 41.9 Å². The lowest BCUT2D eigenvalue weighted by atomic mass is 9.92. The van der Waals surface area contributed by atoms with E-state index in [-0.39, 0.29) is 5.91 Å². The van der Waals surface area contributed by atoms with Gasteiger partial charge in [0.25, 0.3) is 0 Å². The number of nitrogens with one attached hydrogen (secondary N) is 1. The summed E-state index contributed by atoms with van der Waals surface area (Å²) in [6.45, 7) is 5.45. The molecule has 1 N–H and O–H groups in total. The molecule has 2 aliphatic rings. The van der Waals surface area contributed by atoms with Gasteiger partial charge < -0.3 is 14.8 Å². The van der Waals surface area contributed by atoms with Crippen molar-refractivity contribution in [3.8, 4) is 0 Å². The van der Waals surface area contributed by atoms with Gasteiger partial charge in [-0.1, -0.05) is 0 Å². The molecular weight excluding hydrogens is 360 g/mol. The summed E-state index contributed by atoms with van der Waals surface area (Å²) < 4.78 is 10.9. The Morgan fingerprint density at radius 1 is 1.30 bits per heavy atom. The largest absolute Gasteiger partial charge is 0.383 e. The lowest BCUT2D eigenvalue weighted by Crippen LogP contribution is -2.33. The molecule has 1 amide bonds. The summed E-state index contributed by atoms with van der Waals surface area (Å²) >= 11 is 1.93. The number of carbonyl (C=O) groups is 1. The van der Waals surface area contributed by atoms with Crippen LogP contribution in [-0.2, 0) is 20.8 Å². The fourth-order valence-corrected chi connectivity index (χ4v) is 5.13. The highest BCUT2D eigenvalue weighted by Crippen LogP contribution is 2.33. The normalized spacial score (nSPS) is 22.0. The zero-order valence-electron chi connectivity index (χ0n) is 16.6. The van der Waals surface area contributed by atoms with Crippen molar-refractivity contribution < 1.29 is 14.3 Å². The van der Waals surface area contributed by atoms with Gasteiger partial charge in [0.05, 0.1) is 12.7 Å². The molecule has 6 heteroatoms. The lowest BCUT2D eigenvalue weighted by Gasteiger charge is -2.31. The van der Waals surface area contributed by atoms with E-state index >= 15 is 0 Å². The number of carbonyl (C=O) groups excluding carboxylic acids is 1. The second-order valence-corrected chi connectivity index (χ2v) is 8.96. The predicted octanol–water partition coefficient (Wildman–Crippen LogP) is 3.74. The summed E-state index contributed by atoms with van der Waals surface area (Å²) in [5, 5.41) is 2.91. The molecule has 0 spiro atoms. The van der Waals surface area contributed by atoms with E-state index < -0.39 is 0 Å². The van der Waals surface area contributed by atoms with Crippen molar-refractivity contribution in [2.45, 2.75) is 57.6 Å². The molecule has 0 saturated carbocycles. The first kappa shape index (κ1) is 20.8. The highest BCUT2D eigenvalue weighted by molar-refractivity contribution is 7.12. The zero-order chi connectivity index (χ0) is 18.9. The minimum atomic E-state index is 0.158. The van der Waals surface area contributed by atoms with Crippen molar-refractivity contribution in [2.24, 2.45) is 5.92 Å². The van der Waals surface area contributed by atoms with E-state index in [0.717, 1.165) is 32.7 Å². The summed E-state index contributed by atoms with van der Waals surface area (Å²) in [5.74, 6) is 0.842. The Kier molecular flexibility index (Phi) is 8.58. The van der Waals surface area contributed by atoms with Gasteiger partial charge in [0.2, 0.25) is 5.91 Å². The van der Waals surface area contributed by atoms with Gasteiger partial charge in [-0.2, -0.15) is 0 Å². The summed E-state index contributed by atoms with van der Waals surface area (Å²) in [7, 11) is 1.65. The molecule has 0 aromatic carbocycles. The number of rotatable bonds is 9. The van der Waals surface area contributed by atoms with Gasteiger partial charge in [0.15, 0.2) is 0 Å². The molecule has 3 rings (SSSR count). The first-order valence-electron chi connectivity index (χ1n) is 10.4. The molecule has 1 atom stereocenters. The molecule has 2 aliphatic heterocycles. The van der Waals surface area contributed by atoms with Crippen LogP contribution in [0.2, 0.25) is 0 Å². The Balaban J connectivity index is 1.33. The van der Waals surface area contributed by atoms with Gasteiger partial charge in [0, 0.05) is 43.0 Å². The number of hydrogen-bond acceptors (Lipinski definition) is 5. The van der Waals surface area contributed by atoms with Crippen molar-refractivity contribution in [1.29, 1.82) is 0 Å². The minimum absolute atomic E-state index is 0.158. The van der Waals surface area contributed by atoms with Crippen molar-refractivity contribution >= 4 is 17.2 Å². The Bertz CT molecular complexity index is 564. The number of ether oxygens (including phenoxy) is 2. The lowest BCUT2D eigenvalue weighted by molar-refractivity contribution is -0.121. The molecule has 2 saturated heterocycles. The average molecular weight is 395 g/mol. The number of nitrogens with zero attached hydrogens (tertiary/aromatic N) is 1. The molecule has 27 heavy (non-hydrogen) atoms. The molecule has 3 heterocycles. The molecule has 152 valence electrons. The Morgan fingerprint density at radius 2 is 2.15 bits per heavy atom. The number of piperidine rings is 1. The van der Waals surface area contributed by atoms with Gasteiger partial charge in [-0.05, 0) is 69.7 Å². The minimum Gasteiger partial charge on any atom is -0.383 e. The van der Waals surface area contributed by atoms with E-state index in [2.05, 4.69) is 22.3 Å². The summed E-state index contributed by atoms with van der Waals surface area (Å²) in [4.78, 5) is 17.2. The van der Waals surface area contributed by atoms with Gasteiger partial charge in [-0.15, -0.1) is 11.3 Å². The van der Waals surface area contributed by atoms with E-state index in [1.807, 2.05) is 11.3 Å². The SMILES string of the molecule is COCCNC(=O)CCC1CCN(Cc2ccc([C@@H]3CCCCO3)s2)CC1. The van der Waals surface area contributed by atoms with Gasteiger partial charge in [0.1, 0.15) is 0 Å². The zero-order valence-corrected chi connectivity index (χ0v) is 17.4. The van der Waals surface area contributed by atoms with E-state index in [1.54, 1.807) is 7.11 Å². The Morgan fingerprint density at radius 3 is 2.89 bits per heavy atom. The molecule has 1 aromatic heterocycles. The maximum atomic E-state index is 11.8. The summed E-state index contributed by atoms with van der Waals surface area (Å²) in [6.07, 6.45) is 8.06. The van der Waals surface area contributed by atoms with Crippen LogP contribution >= 0.6 is 11.3 Å². The maximum absolute atomic E-state index is 11.8. The first-order chi connectivity index (χ1) is 13.2. The number of likely N-dealkylation sites (tertiary alicyclic amines) is 1. The molecule has 0 unspecified atom stereocenters. The quantitative estimate of drug-likeness (QED) is 0.648. The van der Waals surface area contributed by atoms with E-state index in [4.69, 9.17) is 9.47 Å². The maximum Gasteiger partial charge on any atom is 0.220 e. The van der Waals surface area contributed by atoms with E-state index in [0.29, 0.717) is 31.6 Å². The third-order valence-corrected chi connectivity index (χ3v) is 6.84. The average Bonchev–Trinajstić information content (AvgIpc) is 3.17. The van der Waals surface area contributed by atoms with Crippen molar-refractivity contribution in [3.05, 3.63) is 21.9 Å². The van der Waals surface area contributed by atoms with Crippen LogP contribution < -0.4 is 5.32 Å². The monoisotopic (exact) mass is 394 g/mol. The predicted molar refractivity (Wildman–Crippen MR) is 109 cm³/mol. The summed E-state index contributed by atoms with van der Waals surface area (Å²) in [6, 6.07) is 4.55. The highest BCUT2D eigenvalue weighted by Gasteiger charge is 2.22. The number of hydrogen-bond donors (Lipinski definition) is 1. The van der Waals surface area contributed by atoms with Crippen LogP contribution in [0.3, 0.4) is 0 Å². The fourth-order valence-electron chi connectivity index (χ4n) is 3.99. The highest BCUT2D eigenvalue weighted by atomic mass is 32.1. The molecule has 0 bridgehead atoms. The molecule has 2 fully saturated rings. The molecule has 0 radical (unpaired) electrons. The molecule has 1 aromatic rings. The van der Waals surface area contributed by atoms with Crippen molar-refractivity contribution in [1.82, 2.24) is 10.2 Å². The second-order valence-electron chi connectivity index (χ2n) is 7.76. The topological polar surface area (TPSA) is 50.8 Å². The smallest absolute Gasteiger partial charge is 0.220 e. The van der Waals surface area contributed by atoms with Crippen LogP contribution in [0.15, 0.2) is 12.1 Å². The number of thiophene rings is 1. The van der Waals surface area contributed by atoms with Crippen LogP contribution in [-0.4, -0.2) is 50.8 Å². The van der Waals surface area contributed by atoms with Crippen LogP contribution in [0.4, 0.5) is 0 Å². The fraction of sp³-hybridized carbons (Fsp3) is 0.762. The van der Waals surface area contributed by atoms with Crippen LogP contribution in [0, 0.1) is 5.92 Å². The number of amides is 1. The number of methoxy groups -OCH3 is 1. The molecular formula is C21H34N2O3S. The van der Waals surface area contributed by atoms with Crippen LogP contribution in [0.5, 0.6) is 0 Å². The van der Waals surface area contributed by atoms with E-state index in [9.17, 15) is 4.79 Å². The Hall–Kier alpha value is -0.950. The molecule has 5 nitrogen and oxygen atoms in total. The van der Waals surface area contributed by atoms with Crippen molar-refractivity contribution in [3.63, 3.8) is 0 Å². The second kappa shape index (κ2) is 11.1. The van der Waals surface area contributed by atoms with Crippen LogP contribution in [0.1, 0.15) is 60.8 Å². The first-order valence-corrected chi connectivity index (χ1v) is 11.2. The van der Waals surface area contributed by atoms with Crippen molar-refractivity contribution in [2.75, 3.05) is 40.0 Å². The third-order valence-electron chi connectivity index (χ3n) is 5.67.